The van der Waals surface area contributed by atoms with E-state index < -0.39 is 0 Å². The number of aromatic nitrogens is 1. The van der Waals surface area contributed by atoms with Crippen molar-refractivity contribution in [2.45, 2.75) is 46.5 Å². The van der Waals surface area contributed by atoms with Gasteiger partial charge in [-0.1, -0.05) is 43.4 Å². The maximum atomic E-state index is 12.1. The van der Waals surface area contributed by atoms with E-state index in [2.05, 4.69) is 40.3 Å². The van der Waals surface area contributed by atoms with Gasteiger partial charge in [0.25, 0.3) is 5.91 Å². The molecule has 1 N–H and O–H groups in total. The molecular weight excluding hydrogens is 448 g/mol. The minimum absolute atomic E-state index is 0.177. The summed E-state index contributed by atoms with van der Waals surface area (Å²) in [5, 5.41) is 7.04. The van der Waals surface area contributed by atoms with E-state index in [1.807, 2.05) is 6.92 Å². The van der Waals surface area contributed by atoms with Crippen molar-refractivity contribution in [1.29, 1.82) is 0 Å². The number of nitrogens with zero attached hydrogens (tertiary/aromatic N) is 1. The molecule has 0 atom stereocenters. The molecule has 0 bridgehead atoms. The van der Waals surface area contributed by atoms with Crippen molar-refractivity contribution in [2.75, 3.05) is 19.8 Å². The summed E-state index contributed by atoms with van der Waals surface area (Å²) in [6, 6.07) is 3.49. The van der Waals surface area contributed by atoms with Crippen LogP contribution in [-0.2, 0) is 0 Å². The molecule has 0 aliphatic rings. The van der Waals surface area contributed by atoms with Crippen LogP contribution >= 0.6 is 27.5 Å². The van der Waals surface area contributed by atoms with Crippen LogP contribution in [0.3, 0.4) is 0 Å². The number of halogens is 2. The Morgan fingerprint density at radius 2 is 1.79 bits per heavy atom. The SMILES string of the molecule is CCCCOc1cc(OCCCC)c(-c2onc(C(=O)NCC)c2Br)cc1Cl. The van der Waals surface area contributed by atoms with Crippen LogP contribution in [0.4, 0.5) is 0 Å². The maximum Gasteiger partial charge on any atom is 0.274 e. The molecule has 0 aliphatic carbocycles. The lowest BCUT2D eigenvalue weighted by Gasteiger charge is -2.14. The van der Waals surface area contributed by atoms with Crippen LogP contribution in [0.2, 0.25) is 5.02 Å². The monoisotopic (exact) mass is 472 g/mol. The quantitative estimate of drug-likeness (QED) is 0.413. The predicted octanol–water partition coefficient (Wildman–Crippen LogP) is 5.87. The molecule has 1 heterocycles. The van der Waals surface area contributed by atoms with Crippen molar-refractivity contribution < 1.29 is 18.8 Å². The van der Waals surface area contributed by atoms with E-state index in [0.717, 1.165) is 25.7 Å². The van der Waals surface area contributed by atoms with Crippen molar-refractivity contribution in [3.63, 3.8) is 0 Å². The van der Waals surface area contributed by atoms with Crippen LogP contribution in [0.1, 0.15) is 56.9 Å². The number of hydrogen-bond acceptors (Lipinski definition) is 5. The van der Waals surface area contributed by atoms with E-state index in [4.69, 9.17) is 25.6 Å². The van der Waals surface area contributed by atoms with Crippen LogP contribution in [0.25, 0.3) is 11.3 Å². The fourth-order valence-corrected chi connectivity index (χ4v) is 3.18. The van der Waals surface area contributed by atoms with E-state index >= 15 is 0 Å². The summed E-state index contributed by atoms with van der Waals surface area (Å²) in [5.74, 6) is 1.20. The van der Waals surface area contributed by atoms with Gasteiger partial charge in [-0.15, -0.1) is 0 Å². The lowest BCUT2D eigenvalue weighted by atomic mass is 10.1. The second kappa shape index (κ2) is 11.3. The summed E-state index contributed by atoms with van der Waals surface area (Å²) in [6.07, 6.45) is 3.89. The van der Waals surface area contributed by atoms with E-state index in [1.54, 1.807) is 12.1 Å². The minimum Gasteiger partial charge on any atom is -0.493 e. The van der Waals surface area contributed by atoms with Crippen LogP contribution < -0.4 is 14.8 Å². The molecule has 2 aromatic rings. The molecule has 2 rings (SSSR count). The highest BCUT2D eigenvalue weighted by molar-refractivity contribution is 9.10. The molecule has 28 heavy (non-hydrogen) atoms. The van der Waals surface area contributed by atoms with Gasteiger partial charge in [-0.25, -0.2) is 0 Å². The number of amides is 1. The Morgan fingerprint density at radius 3 is 2.39 bits per heavy atom. The lowest BCUT2D eigenvalue weighted by Crippen LogP contribution is -2.23. The Kier molecular flexibility index (Phi) is 9.12. The first-order chi connectivity index (χ1) is 13.5. The van der Waals surface area contributed by atoms with Crippen LogP contribution in [0.15, 0.2) is 21.1 Å². The van der Waals surface area contributed by atoms with Gasteiger partial charge in [-0.2, -0.15) is 0 Å². The van der Waals surface area contributed by atoms with E-state index in [9.17, 15) is 4.79 Å². The van der Waals surface area contributed by atoms with Gasteiger partial charge in [0.2, 0.25) is 0 Å². The maximum absolute atomic E-state index is 12.1. The number of rotatable bonds is 11. The van der Waals surface area contributed by atoms with Gasteiger partial charge in [0.05, 0.1) is 28.3 Å². The number of benzene rings is 1. The van der Waals surface area contributed by atoms with Gasteiger partial charge >= 0.3 is 0 Å². The first-order valence-electron chi connectivity index (χ1n) is 9.56. The van der Waals surface area contributed by atoms with E-state index in [-0.39, 0.29) is 11.6 Å². The third kappa shape index (κ3) is 5.64. The van der Waals surface area contributed by atoms with E-state index in [1.165, 1.54) is 0 Å². The van der Waals surface area contributed by atoms with Crippen molar-refractivity contribution in [3.05, 3.63) is 27.3 Å². The second-order valence-electron chi connectivity index (χ2n) is 6.22. The standard InChI is InChI=1S/C20H26BrClN2O4/c1-4-7-9-26-15-12-16(27-10-8-5-2)14(22)11-13(15)19-17(21)18(24-28-19)20(25)23-6-3/h11-12H,4-10H2,1-3H3,(H,23,25). The predicted molar refractivity (Wildman–Crippen MR) is 113 cm³/mol. The largest absolute Gasteiger partial charge is 0.493 e. The Labute approximate surface area is 179 Å². The van der Waals surface area contributed by atoms with Crippen LogP contribution in [0.5, 0.6) is 11.5 Å². The molecule has 0 aliphatic heterocycles. The lowest BCUT2D eigenvalue weighted by molar-refractivity contribution is 0.0946. The fourth-order valence-electron chi connectivity index (χ4n) is 2.43. The molecule has 0 fully saturated rings. The van der Waals surface area contributed by atoms with Gasteiger partial charge in [-0.05, 0) is 41.8 Å². The molecule has 6 nitrogen and oxygen atoms in total. The molecule has 0 saturated carbocycles. The van der Waals surface area contributed by atoms with Crippen molar-refractivity contribution in [2.24, 2.45) is 0 Å². The normalized spacial score (nSPS) is 10.8. The van der Waals surface area contributed by atoms with Crippen molar-refractivity contribution >= 4 is 33.4 Å². The van der Waals surface area contributed by atoms with Crippen molar-refractivity contribution in [3.8, 4) is 22.8 Å². The van der Waals surface area contributed by atoms with Gasteiger partial charge in [0.15, 0.2) is 11.5 Å². The zero-order valence-electron chi connectivity index (χ0n) is 16.4. The smallest absolute Gasteiger partial charge is 0.274 e. The number of nitrogens with one attached hydrogen (secondary N) is 1. The molecule has 8 heteroatoms. The second-order valence-corrected chi connectivity index (χ2v) is 7.42. The zero-order chi connectivity index (χ0) is 20.5. The summed E-state index contributed by atoms with van der Waals surface area (Å²) < 4.78 is 17.7. The Morgan fingerprint density at radius 1 is 1.14 bits per heavy atom. The molecule has 1 amide bonds. The molecule has 0 saturated heterocycles. The molecule has 1 aromatic carbocycles. The van der Waals surface area contributed by atoms with Gasteiger partial charge in [0.1, 0.15) is 11.5 Å². The molecular formula is C20H26BrClN2O4. The summed E-state index contributed by atoms with van der Waals surface area (Å²) >= 11 is 9.85. The summed E-state index contributed by atoms with van der Waals surface area (Å²) in [5.41, 5.74) is 0.787. The summed E-state index contributed by atoms with van der Waals surface area (Å²) in [7, 11) is 0. The summed E-state index contributed by atoms with van der Waals surface area (Å²) in [4.78, 5) is 12.1. The first-order valence-corrected chi connectivity index (χ1v) is 10.7. The number of ether oxygens (including phenoxy) is 2. The third-order valence-corrected chi connectivity index (χ3v) is 5.01. The average Bonchev–Trinajstić information content (AvgIpc) is 3.05. The number of unbranched alkanes of at least 4 members (excludes halogenated alkanes) is 2. The first kappa shape index (κ1) is 22.6. The highest BCUT2D eigenvalue weighted by Gasteiger charge is 2.24. The van der Waals surface area contributed by atoms with Gasteiger partial charge < -0.3 is 19.3 Å². The zero-order valence-corrected chi connectivity index (χ0v) is 18.8. The molecule has 0 spiro atoms. The fraction of sp³-hybridized carbons (Fsp3) is 0.500. The van der Waals surface area contributed by atoms with Crippen LogP contribution in [-0.4, -0.2) is 30.8 Å². The number of hydrogen-bond donors (Lipinski definition) is 1. The molecule has 0 radical (unpaired) electrons. The Balaban J connectivity index is 2.41. The highest BCUT2D eigenvalue weighted by atomic mass is 79.9. The minimum atomic E-state index is -0.316. The molecule has 1 aromatic heterocycles. The topological polar surface area (TPSA) is 73.6 Å². The van der Waals surface area contributed by atoms with Gasteiger partial charge in [0, 0.05) is 12.6 Å². The number of carbonyl (C=O) groups excluding carboxylic acids is 1. The highest BCUT2D eigenvalue weighted by Crippen LogP contribution is 2.42. The third-order valence-electron chi connectivity index (χ3n) is 3.98. The number of carbonyl (C=O) groups is 1. The van der Waals surface area contributed by atoms with Gasteiger partial charge in [-0.3, -0.25) is 4.79 Å². The Hall–Kier alpha value is -1.73. The van der Waals surface area contributed by atoms with Crippen LogP contribution in [0, 0.1) is 0 Å². The van der Waals surface area contributed by atoms with E-state index in [0.29, 0.717) is 52.1 Å². The summed E-state index contributed by atoms with van der Waals surface area (Å²) in [6.45, 7) is 7.65. The average molecular weight is 474 g/mol. The molecule has 154 valence electrons. The van der Waals surface area contributed by atoms with Crippen molar-refractivity contribution in [1.82, 2.24) is 10.5 Å². The molecule has 0 unspecified atom stereocenters. The Bertz CT molecular complexity index is 795.